The second-order valence-corrected chi connectivity index (χ2v) is 6.11. The van der Waals surface area contributed by atoms with Gasteiger partial charge >= 0.3 is 0 Å². The Labute approximate surface area is 129 Å². The van der Waals surface area contributed by atoms with Crippen LogP contribution in [0.3, 0.4) is 0 Å². The van der Waals surface area contributed by atoms with Crippen LogP contribution in [0.4, 0.5) is 0 Å². The Morgan fingerprint density at radius 3 is 2.77 bits per heavy atom. The summed E-state index contributed by atoms with van der Waals surface area (Å²) in [4.78, 5) is 20.9. The molecular formula is C17H19N3O2. The highest BCUT2D eigenvalue weighted by Crippen LogP contribution is 2.34. The van der Waals surface area contributed by atoms with Crippen molar-refractivity contribution in [2.24, 2.45) is 0 Å². The van der Waals surface area contributed by atoms with Crippen molar-refractivity contribution < 1.29 is 9.21 Å². The van der Waals surface area contributed by atoms with Crippen molar-refractivity contribution in [3.8, 4) is 0 Å². The number of rotatable bonds is 4. The summed E-state index contributed by atoms with van der Waals surface area (Å²) in [6.45, 7) is 2.61. The number of aromatic nitrogens is 1. The molecule has 4 rings (SSSR count). The highest BCUT2D eigenvalue weighted by molar-refractivity contribution is 5.80. The van der Waals surface area contributed by atoms with Gasteiger partial charge in [-0.15, -0.1) is 0 Å². The van der Waals surface area contributed by atoms with Gasteiger partial charge in [0.2, 0.25) is 5.91 Å². The van der Waals surface area contributed by atoms with E-state index in [1.165, 1.54) is 5.56 Å². The van der Waals surface area contributed by atoms with E-state index in [0.29, 0.717) is 25.0 Å². The summed E-state index contributed by atoms with van der Waals surface area (Å²) in [7, 11) is 0. The average Bonchev–Trinajstić information content (AvgIpc) is 3.23. The van der Waals surface area contributed by atoms with Gasteiger partial charge in [-0.2, -0.15) is 0 Å². The van der Waals surface area contributed by atoms with E-state index in [1.54, 1.807) is 24.9 Å². The van der Waals surface area contributed by atoms with Crippen LogP contribution in [0.1, 0.15) is 24.0 Å². The van der Waals surface area contributed by atoms with E-state index in [1.807, 2.05) is 18.2 Å². The Morgan fingerprint density at radius 1 is 1.14 bits per heavy atom. The van der Waals surface area contributed by atoms with Crippen molar-refractivity contribution in [3.05, 3.63) is 54.2 Å². The number of carbonyl (C=O) groups is 1. The van der Waals surface area contributed by atoms with Gasteiger partial charge in [0.25, 0.3) is 0 Å². The van der Waals surface area contributed by atoms with Crippen molar-refractivity contribution in [1.82, 2.24) is 14.8 Å². The lowest BCUT2D eigenvalue weighted by molar-refractivity contribution is -0.129. The molecule has 0 saturated carbocycles. The van der Waals surface area contributed by atoms with Crippen molar-refractivity contribution in [2.45, 2.75) is 38.0 Å². The van der Waals surface area contributed by atoms with E-state index in [-0.39, 0.29) is 5.91 Å². The molecule has 5 heteroatoms. The number of furan rings is 1. The molecule has 0 aromatic carbocycles. The third-order valence-electron chi connectivity index (χ3n) is 4.80. The first-order valence-electron chi connectivity index (χ1n) is 7.75. The zero-order valence-corrected chi connectivity index (χ0v) is 12.4. The van der Waals surface area contributed by atoms with Crippen molar-refractivity contribution >= 4 is 5.91 Å². The molecule has 22 heavy (non-hydrogen) atoms. The average molecular weight is 297 g/mol. The van der Waals surface area contributed by atoms with Gasteiger partial charge in [0.15, 0.2) is 0 Å². The van der Waals surface area contributed by atoms with Gasteiger partial charge in [-0.3, -0.25) is 14.7 Å². The summed E-state index contributed by atoms with van der Waals surface area (Å²) in [5.74, 6) is 0.267. The summed E-state index contributed by atoms with van der Waals surface area (Å²) < 4.78 is 5.15. The van der Waals surface area contributed by atoms with Gasteiger partial charge in [-0.25, -0.2) is 0 Å². The number of carbonyl (C=O) groups excluding carboxylic acids is 1. The topological polar surface area (TPSA) is 49.6 Å². The van der Waals surface area contributed by atoms with Crippen LogP contribution in [0.2, 0.25) is 0 Å². The molecule has 0 unspecified atom stereocenters. The van der Waals surface area contributed by atoms with Crippen molar-refractivity contribution in [1.29, 1.82) is 0 Å². The monoisotopic (exact) mass is 297 g/mol. The van der Waals surface area contributed by atoms with Gasteiger partial charge in [0, 0.05) is 56.1 Å². The first kappa shape index (κ1) is 13.5. The third-order valence-corrected chi connectivity index (χ3v) is 4.80. The van der Waals surface area contributed by atoms with Gasteiger partial charge < -0.3 is 9.32 Å². The smallest absolute Gasteiger partial charge is 0.224 e. The molecule has 0 N–H and O–H groups in total. The molecular weight excluding hydrogens is 278 g/mol. The maximum Gasteiger partial charge on any atom is 0.224 e. The normalized spacial score (nSPS) is 24.9. The van der Waals surface area contributed by atoms with Crippen molar-refractivity contribution in [2.75, 3.05) is 6.54 Å². The zero-order chi connectivity index (χ0) is 14.9. The fourth-order valence-corrected chi connectivity index (χ4v) is 3.71. The van der Waals surface area contributed by atoms with Crippen LogP contribution in [0.5, 0.6) is 0 Å². The Morgan fingerprint density at radius 2 is 2.00 bits per heavy atom. The number of likely N-dealkylation sites (tertiary alicyclic amines) is 2. The number of fused-ring (bicyclic) bond motifs is 1. The minimum absolute atomic E-state index is 0.267. The molecule has 5 nitrogen and oxygen atoms in total. The van der Waals surface area contributed by atoms with E-state index in [9.17, 15) is 4.79 Å². The predicted octanol–water partition coefficient (Wildman–Crippen LogP) is 2.05. The first-order chi connectivity index (χ1) is 10.8. The van der Waals surface area contributed by atoms with Crippen LogP contribution in [0.15, 0.2) is 47.5 Å². The van der Waals surface area contributed by atoms with Gasteiger partial charge in [-0.1, -0.05) is 0 Å². The largest absolute Gasteiger partial charge is 0.472 e. The van der Waals surface area contributed by atoms with Crippen LogP contribution in [-0.4, -0.2) is 39.3 Å². The second-order valence-electron chi connectivity index (χ2n) is 6.11. The van der Waals surface area contributed by atoms with E-state index in [4.69, 9.17) is 4.42 Å². The molecule has 2 aliphatic rings. The fraction of sp³-hybridized carbons (Fsp3) is 0.412. The third kappa shape index (κ3) is 2.41. The molecule has 4 heterocycles. The Balaban J connectivity index is 1.47. The number of hydrogen-bond acceptors (Lipinski definition) is 4. The van der Waals surface area contributed by atoms with E-state index < -0.39 is 0 Å². The predicted molar refractivity (Wildman–Crippen MR) is 80.7 cm³/mol. The zero-order valence-electron chi connectivity index (χ0n) is 12.4. The fourth-order valence-electron chi connectivity index (χ4n) is 3.71. The van der Waals surface area contributed by atoms with Crippen molar-refractivity contribution in [3.63, 3.8) is 0 Å². The number of nitrogens with zero attached hydrogens (tertiary/aromatic N) is 3. The lowest BCUT2D eigenvalue weighted by Gasteiger charge is -2.25. The highest BCUT2D eigenvalue weighted by atomic mass is 16.3. The Hall–Kier alpha value is -2.14. The lowest BCUT2D eigenvalue weighted by Crippen LogP contribution is -2.36. The van der Waals surface area contributed by atoms with Crippen LogP contribution in [-0.2, 0) is 17.9 Å². The molecule has 2 aromatic rings. The highest BCUT2D eigenvalue weighted by Gasteiger charge is 2.46. The minimum Gasteiger partial charge on any atom is -0.472 e. The molecule has 2 aromatic heterocycles. The molecule has 2 saturated heterocycles. The molecule has 0 radical (unpaired) electrons. The first-order valence-corrected chi connectivity index (χ1v) is 7.75. The lowest BCUT2D eigenvalue weighted by atomic mass is 10.1. The molecule has 0 aliphatic carbocycles. The van der Waals surface area contributed by atoms with Gasteiger partial charge in [-0.05, 0) is 30.2 Å². The van der Waals surface area contributed by atoms with E-state index >= 15 is 0 Å². The second kappa shape index (κ2) is 5.57. The molecule has 1 amide bonds. The molecule has 2 fully saturated rings. The maximum absolute atomic E-state index is 12.4. The summed E-state index contributed by atoms with van der Waals surface area (Å²) >= 11 is 0. The van der Waals surface area contributed by atoms with Crippen LogP contribution < -0.4 is 0 Å². The summed E-state index contributed by atoms with van der Waals surface area (Å²) in [5, 5.41) is 0. The molecule has 114 valence electrons. The minimum atomic E-state index is 0.267. The summed E-state index contributed by atoms with van der Waals surface area (Å²) in [5.41, 5.74) is 2.33. The molecule has 0 spiro atoms. The summed E-state index contributed by atoms with van der Waals surface area (Å²) in [6, 6.07) is 6.65. The number of hydrogen-bond donors (Lipinski definition) is 0. The standard InChI is InChI=1S/C17H19N3O2/c21-17-9-16-15(20(17)11-13-1-5-18-6-2-13)3-7-19(16)10-14-4-8-22-12-14/h1-2,4-6,8,12,15-16H,3,7,9-11H2/t15-,16+/m1/s1. The van der Waals surface area contributed by atoms with Gasteiger partial charge in [0.1, 0.15) is 0 Å². The Bertz CT molecular complexity index is 641. The van der Waals surface area contributed by atoms with Crippen LogP contribution >= 0.6 is 0 Å². The SMILES string of the molecule is O=C1C[C@H]2[C@@H](CCN2Cc2ccoc2)N1Cc1ccncc1. The van der Waals surface area contributed by atoms with E-state index in [2.05, 4.69) is 14.8 Å². The van der Waals surface area contributed by atoms with E-state index in [0.717, 1.165) is 25.1 Å². The molecule has 2 aliphatic heterocycles. The quantitative estimate of drug-likeness (QED) is 0.866. The molecule has 0 bridgehead atoms. The van der Waals surface area contributed by atoms with Crippen LogP contribution in [0, 0.1) is 0 Å². The number of amides is 1. The maximum atomic E-state index is 12.4. The Kier molecular flexibility index (Phi) is 3.42. The summed E-state index contributed by atoms with van der Waals surface area (Å²) in [6.07, 6.45) is 8.75. The molecule has 2 atom stereocenters. The van der Waals surface area contributed by atoms with Gasteiger partial charge in [0.05, 0.1) is 12.5 Å². The number of pyridine rings is 1. The van der Waals surface area contributed by atoms with Crippen LogP contribution in [0.25, 0.3) is 0 Å².